The Morgan fingerprint density at radius 3 is 2.61 bits per heavy atom. The number of fused-ring (bicyclic) bond motifs is 1. The lowest BCUT2D eigenvalue weighted by Crippen LogP contribution is -2.47. The second kappa shape index (κ2) is 7.89. The van der Waals surface area contributed by atoms with Crippen LogP contribution in [0.4, 0.5) is 5.69 Å². The monoisotopic (exact) mass is 424 g/mol. The van der Waals surface area contributed by atoms with Crippen LogP contribution in [0, 0.1) is 6.92 Å². The molecule has 0 unspecified atom stereocenters. The zero-order valence-electron chi connectivity index (χ0n) is 15.7. The Labute approximate surface area is 169 Å². The van der Waals surface area contributed by atoms with Gasteiger partial charge in [0.05, 0.1) is 11.9 Å². The molecule has 2 aromatic carbocycles. The molecule has 3 rings (SSSR count). The number of nitrogens with zero attached hydrogens (tertiary/aromatic N) is 1. The quantitative estimate of drug-likeness (QED) is 0.770. The summed E-state index contributed by atoms with van der Waals surface area (Å²) in [6, 6.07) is 9.29. The van der Waals surface area contributed by atoms with Crippen molar-refractivity contribution in [1.82, 2.24) is 5.32 Å². The lowest BCUT2D eigenvalue weighted by molar-refractivity contribution is -0.122. The van der Waals surface area contributed by atoms with Crippen molar-refractivity contribution in [3.63, 3.8) is 0 Å². The average molecular weight is 425 g/mol. The smallest absolute Gasteiger partial charge is 0.243 e. The van der Waals surface area contributed by atoms with Crippen LogP contribution in [0.2, 0.25) is 5.02 Å². The summed E-state index contributed by atoms with van der Waals surface area (Å²) < 4.78 is 36.3. The summed E-state index contributed by atoms with van der Waals surface area (Å²) in [6.45, 7) is 3.75. The minimum atomic E-state index is -3.71. The van der Waals surface area contributed by atoms with Crippen LogP contribution < -0.4 is 19.1 Å². The highest BCUT2D eigenvalue weighted by molar-refractivity contribution is 7.92. The highest BCUT2D eigenvalue weighted by Gasteiger charge is 2.29. The number of ether oxygens (including phenoxy) is 2. The second-order valence-corrected chi connectivity index (χ2v) is 8.84. The van der Waals surface area contributed by atoms with E-state index in [4.69, 9.17) is 21.1 Å². The summed E-state index contributed by atoms with van der Waals surface area (Å²) >= 11 is 6.14. The summed E-state index contributed by atoms with van der Waals surface area (Å²) in [5, 5.41) is 3.19. The number of anilines is 1. The highest BCUT2D eigenvalue weighted by atomic mass is 35.5. The van der Waals surface area contributed by atoms with E-state index < -0.39 is 22.0 Å². The predicted molar refractivity (Wildman–Crippen MR) is 107 cm³/mol. The van der Waals surface area contributed by atoms with E-state index in [2.05, 4.69) is 5.32 Å². The molecule has 28 heavy (non-hydrogen) atoms. The molecule has 9 heteroatoms. The molecule has 1 aliphatic rings. The zero-order chi connectivity index (χ0) is 20.5. The van der Waals surface area contributed by atoms with Gasteiger partial charge in [0, 0.05) is 11.6 Å². The predicted octanol–water partition coefficient (Wildman–Crippen LogP) is 2.85. The van der Waals surface area contributed by atoms with E-state index in [1.54, 1.807) is 30.3 Å². The Hall–Kier alpha value is -2.45. The van der Waals surface area contributed by atoms with Gasteiger partial charge in [-0.05, 0) is 49.2 Å². The maximum absolute atomic E-state index is 12.7. The molecule has 1 amide bonds. The van der Waals surface area contributed by atoms with Gasteiger partial charge in [-0.3, -0.25) is 9.10 Å². The van der Waals surface area contributed by atoms with Gasteiger partial charge in [0.15, 0.2) is 11.5 Å². The third-order valence-corrected chi connectivity index (χ3v) is 6.05. The first-order valence-electron chi connectivity index (χ1n) is 8.58. The number of hydrogen-bond donors (Lipinski definition) is 1. The van der Waals surface area contributed by atoms with E-state index in [1.165, 1.54) is 6.92 Å². The van der Waals surface area contributed by atoms with Crippen molar-refractivity contribution >= 4 is 33.2 Å². The molecule has 0 bridgehead atoms. The number of hydrogen-bond acceptors (Lipinski definition) is 5. The van der Waals surface area contributed by atoms with Crippen molar-refractivity contribution in [2.75, 3.05) is 17.4 Å². The maximum Gasteiger partial charge on any atom is 0.243 e. The number of nitrogens with one attached hydrogen (secondary N) is 1. The molecular weight excluding hydrogens is 404 g/mol. The van der Waals surface area contributed by atoms with E-state index >= 15 is 0 Å². The molecule has 0 saturated carbocycles. The number of rotatable bonds is 6. The Kier molecular flexibility index (Phi) is 5.71. The number of amides is 1. The fourth-order valence-electron chi connectivity index (χ4n) is 2.92. The van der Waals surface area contributed by atoms with Crippen molar-refractivity contribution in [2.24, 2.45) is 0 Å². The van der Waals surface area contributed by atoms with Gasteiger partial charge in [0.25, 0.3) is 0 Å². The van der Waals surface area contributed by atoms with Gasteiger partial charge in [0.2, 0.25) is 22.7 Å². The van der Waals surface area contributed by atoms with E-state index in [-0.39, 0.29) is 13.3 Å². The molecule has 0 spiro atoms. The largest absolute Gasteiger partial charge is 0.454 e. The number of halogens is 1. The molecule has 0 radical (unpaired) electrons. The third kappa shape index (κ3) is 4.34. The van der Waals surface area contributed by atoms with Gasteiger partial charge in [-0.25, -0.2) is 8.42 Å². The average Bonchev–Trinajstić information content (AvgIpc) is 3.09. The van der Waals surface area contributed by atoms with Gasteiger partial charge >= 0.3 is 0 Å². The van der Waals surface area contributed by atoms with Gasteiger partial charge < -0.3 is 14.8 Å². The summed E-state index contributed by atoms with van der Waals surface area (Å²) in [4.78, 5) is 12.7. The lowest BCUT2D eigenvalue weighted by atomic mass is 10.2. The first kappa shape index (κ1) is 20.3. The van der Waals surface area contributed by atoms with Gasteiger partial charge in [-0.1, -0.05) is 23.7 Å². The number of carbonyl (C=O) groups excluding carboxylic acids is 1. The molecule has 7 nitrogen and oxygen atoms in total. The van der Waals surface area contributed by atoms with Crippen LogP contribution in [0.5, 0.6) is 11.5 Å². The van der Waals surface area contributed by atoms with Crippen LogP contribution in [0.25, 0.3) is 0 Å². The molecule has 1 aliphatic heterocycles. The maximum atomic E-state index is 12.7. The summed E-state index contributed by atoms with van der Waals surface area (Å²) in [7, 11) is -3.71. The lowest BCUT2D eigenvalue weighted by Gasteiger charge is -2.28. The Morgan fingerprint density at radius 2 is 1.93 bits per heavy atom. The van der Waals surface area contributed by atoms with Crippen LogP contribution in [0.15, 0.2) is 36.4 Å². The van der Waals surface area contributed by atoms with E-state index in [1.807, 2.05) is 13.0 Å². The fourth-order valence-corrected chi connectivity index (χ4v) is 4.26. The molecule has 0 aromatic heterocycles. The molecule has 2 aromatic rings. The van der Waals surface area contributed by atoms with E-state index in [9.17, 15) is 13.2 Å². The van der Waals surface area contributed by atoms with Crippen molar-refractivity contribution in [3.8, 4) is 11.5 Å². The topological polar surface area (TPSA) is 84.9 Å². The second-order valence-electron chi connectivity index (χ2n) is 6.57. The van der Waals surface area contributed by atoms with Crippen molar-refractivity contribution in [2.45, 2.75) is 26.4 Å². The number of aryl methyl sites for hydroxylation is 1. The summed E-state index contributed by atoms with van der Waals surface area (Å²) in [5.74, 6) is 0.842. The summed E-state index contributed by atoms with van der Waals surface area (Å²) in [6.07, 6.45) is 1.06. The number of carbonyl (C=O) groups is 1. The molecule has 0 aliphatic carbocycles. The number of benzene rings is 2. The number of sulfonamides is 1. The van der Waals surface area contributed by atoms with E-state index in [0.717, 1.165) is 21.7 Å². The first-order valence-corrected chi connectivity index (χ1v) is 10.8. The Balaban J connectivity index is 1.75. The molecule has 0 fully saturated rings. The van der Waals surface area contributed by atoms with Gasteiger partial charge in [0.1, 0.15) is 6.04 Å². The van der Waals surface area contributed by atoms with Crippen LogP contribution in [-0.2, 0) is 21.4 Å². The van der Waals surface area contributed by atoms with Crippen LogP contribution >= 0.6 is 11.6 Å². The molecule has 1 atom stereocenters. The molecule has 1 heterocycles. The first-order chi connectivity index (χ1) is 13.2. The minimum Gasteiger partial charge on any atom is -0.454 e. The van der Waals surface area contributed by atoms with Crippen LogP contribution in [0.1, 0.15) is 18.1 Å². The van der Waals surface area contributed by atoms with Crippen molar-refractivity contribution in [1.29, 1.82) is 0 Å². The third-order valence-electron chi connectivity index (χ3n) is 4.40. The van der Waals surface area contributed by atoms with Gasteiger partial charge in [-0.15, -0.1) is 0 Å². The van der Waals surface area contributed by atoms with Gasteiger partial charge in [-0.2, -0.15) is 0 Å². The van der Waals surface area contributed by atoms with Crippen molar-refractivity contribution in [3.05, 3.63) is 52.5 Å². The Morgan fingerprint density at radius 1 is 1.21 bits per heavy atom. The minimum absolute atomic E-state index is 0.171. The van der Waals surface area contributed by atoms with Crippen molar-refractivity contribution < 1.29 is 22.7 Å². The summed E-state index contributed by atoms with van der Waals surface area (Å²) in [5.41, 5.74) is 1.97. The van der Waals surface area contributed by atoms with Crippen LogP contribution in [-0.4, -0.2) is 33.4 Å². The highest BCUT2D eigenvalue weighted by Crippen LogP contribution is 2.32. The molecular formula is C19H21ClN2O5S. The fraction of sp³-hybridized carbons (Fsp3) is 0.316. The normalized spacial score (nSPS) is 13.9. The van der Waals surface area contributed by atoms with E-state index in [0.29, 0.717) is 22.2 Å². The SMILES string of the molecule is Cc1ccc(N([C@@H](C)C(=O)NCc2ccc3c(c2)OCO3)S(C)(=O)=O)cc1Cl. The van der Waals surface area contributed by atoms with Crippen LogP contribution in [0.3, 0.4) is 0 Å². The molecule has 150 valence electrons. The Bertz CT molecular complexity index is 1010. The zero-order valence-corrected chi connectivity index (χ0v) is 17.3. The standard InChI is InChI=1S/C19H21ClN2O5S/c1-12-4-6-15(9-16(12)20)22(28(3,24)25)13(2)19(23)21-10-14-5-7-17-18(8-14)27-11-26-17/h4-9,13H,10-11H2,1-3H3,(H,21,23)/t13-/m0/s1. The molecule has 0 saturated heterocycles. The molecule has 1 N–H and O–H groups in total.